The van der Waals surface area contributed by atoms with E-state index in [1.54, 1.807) is 6.07 Å². The SMILES string of the molecule is CCC.Cc1cccc(C(N)=O)c1C. The lowest BCUT2D eigenvalue weighted by molar-refractivity contribution is 0.0999. The molecule has 78 valence electrons. The van der Waals surface area contributed by atoms with Crippen molar-refractivity contribution in [2.45, 2.75) is 34.1 Å². The Kier molecular flexibility index (Phi) is 5.61. The highest BCUT2D eigenvalue weighted by Crippen LogP contribution is 2.11. The first kappa shape index (κ1) is 12.7. The van der Waals surface area contributed by atoms with Crippen molar-refractivity contribution in [3.63, 3.8) is 0 Å². The number of amides is 1. The Labute approximate surface area is 86.1 Å². The molecule has 0 atom stereocenters. The topological polar surface area (TPSA) is 43.1 Å². The van der Waals surface area contributed by atoms with E-state index in [2.05, 4.69) is 13.8 Å². The number of carbonyl (C=O) groups is 1. The van der Waals surface area contributed by atoms with Crippen LogP contribution in [0.1, 0.15) is 41.8 Å². The second-order valence-electron chi connectivity index (χ2n) is 3.32. The molecule has 0 saturated carbocycles. The molecule has 0 heterocycles. The number of primary amides is 1. The van der Waals surface area contributed by atoms with Gasteiger partial charge in [-0.3, -0.25) is 4.79 Å². The first-order chi connectivity index (χ1) is 6.54. The van der Waals surface area contributed by atoms with Crippen molar-refractivity contribution >= 4 is 5.91 Å². The molecule has 0 bridgehead atoms. The minimum atomic E-state index is -0.355. The van der Waals surface area contributed by atoms with Gasteiger partial charge in [0.2, 0.25) is 5.91 Å². The maximum absolute atomic E-state index is 10.8. The molecule has 0 aliphatic carbocycles. The number of hydrogen-bond acceptors (Lipinski definition) is 1. The van der Waals surface area contributed by atoms with E-state index in [9.17, 15) is 4.79 Å². The normalized spacial score (nSPS) is 8.86. The summed E-state index contributed by atoms with van der Waals surface area (Å²) >= 11 is 0. The van der Waals surface area contributed by atoms with Gasteiger partial charge in [0, 0.05) is 5.56 Å². The molecule has 1 amide bonds. The van der Waals surface area contributed by atoms with Crippen LogP contribution in [0.15, 0.2) is 18.2 Å². The summed E-state index contributed by atoms with van der Waals surface area (Å²) in [6, 6.07) is 5.54. The van der Waals surface area contributed by atoms with Gasteiger partial charge in [-0.05, 0) is 31.0 Å². The molecule has 0 radical (unpaired) electrons. The minimum Gasteiger partial charge on any atom is -0.366 e. The third-order valence-corrected chi connectivity index (χ3v) is 1.87. The zero-order valence-corrected chi connectivity index (χ0v) is 9.42. The van der Waals surface area contributed by atoms with Gasteiger partial charge in [-0.2, -0.15) is 0 Å². The molecule has 0 saturated heterocycles. The molecule has 0 aromatic heterocycles. The largest absolute Gasteiger partial charge is 0.366 e. The molecular weight excluding hydrogens is 174 g/mol. The molecule has 1 aromatic carbocycles. The molecule has 0 fully saturated rings. The minimum absolute atomic E-state index is 0.355. The predicted octanol–water partition coefficient (Wildman–Crippen LogP) is 2.82. The summed E-state index contributed by atoms with van der Waals surface area (Å²) in [5, 5.41) is 0. The molecule has 0 aliphatic heterocycles. The first-order valence-corrected chi connectivity index (χ1v) is 4.90. The number of nitrogens with two attached hydrogens (primary N) is 1. The molecule has 14 heavy (non-hydrogen) atoms. The van der Waals surface area contributed by atoms with Crippen LogP contribution in [0, 0.1) is 13.8 Å². The van der Waals surface area contributed by atoms with E-state index in [4.69, 9.17) is 5.73 Å². The van der Waals surface area contributed by atoms with Gasteiger partial charge in [0.1, 0.15) is 0 Å². The van der Waals surface area contributed by atoms with Crippen molar-refractivity contribution in [2.24, 2.45) is 5.73 Å². The van der Waals surface area contributed by atoms with Crippen molar-refractivity contribution in [2.75, 3.05) is 0 Å². The number of hydrogen-bond donors (Lipinski definition) is 1. The van der Waals surface area contributed by atoms with Crippen LogP contribution < -0.4 is 5.73 Å². The fourth-order valence-electron chi connectivity index (χ4n) is 1.02. The lowest BCUT2D eigenvalue weighted by Crippen LogP contribution is -2.12. The number of benzene rings is 1. The Morgan fingerprint density at radius 1 is 1.29 bits per heavy atom. The molecule has 2 heteroatoms. The van der Waals surface area contributed by atoms with Crippen LogP contribution >= 0.6 is 0 Å². The molecular formula is C12H19NO. The highest BCUT2D eigenvalue weighted by molar-refractivity contribution is 5.94. The third kappa shape index (κ3) is 3.60. The van der Waals surface area contributed by atoms with E-state index in [0.29, 0.717) is 5.56 Å². The van der Waals surface area contributed by atoms with E-state index >= 15 is 0 Å². The number of aryl methyl sites for hydroxylation is 1. The Bertz CT molecular complexity index is 305. The standard InChI is InChI=1S/C9H11NO.C3H8/c1-6-4-3-5-8(7(6)2)9(10)11;1-3-2/h3-5H,1-2H3,(H2,10,11);3H2,1-2H3. The molecule has 2 N–H and O–H groups in total. The van der Waals surface area contributed by atoms with Gasteiger partial charge in [0.25, 0.3) is 0 Å². The summed E-state index contributed by atoms with van der Waals surface area (Å²) in [6.07, 6.45) is 1.25. The summed E-state index contributed by atoms with van der Waals surface area (Å²) in [5.74, 6) is -0.355. The summed E-state index contributed by atoms with van der Waals surface area (Å²) in [4.78, 5) is 10.8. The van der Waals surface area contributed by atoms with Gasteiger partial charge >= 0.3 is 0 Å². The van der Waals surface area contributed by atoms with Crippen LogP contribution in [0.2, 0.25) is 0 Å². The second kappa shape index (κ2) is 6.19. The molecule has 0 aliphatic rings. The lowest BCUT2D eigenvalue weighted by Gasteiger charge is -2.03. The van der Waals surface area contributed by atoms with E-state index in [1.165, 1.54) is 6.42 Å². The van der Waals surface area contributed by atoms with Crippen molar-refractivity contribution < 1.29 is 4.79 Å². The van der Waals surface area contributed by atoms with Crippen molar-refractivity contribution in [1.82, 2.24) is 0 Å². The average Bonchev–Trinajstić information content (AvgIpc) is 2.10. The quantitative estimate of drug-likeness (QED) is 0.732. The van der Waals surface area contributed by atoms with Crippen molar-refractivity contribution in [3.05, 3.63) is 34.9 Å². The van der Waals surface area contributed by atoms with Crippen molar-refractivity contribution in [3.8, 4) is 0 Å². The van der Waals surface area contributed by atoms with Gasteiger partial charge in [-0.15, -0.1) is 0 Å². The fourth-order valence-corrected chi connectivity index (χ4v) is 1.02. The lowest BCUT2D eigenvalue weighted by atomic mass is 10.0. The van der Waals surface area contributed by atoms with Crippen LogP contribution in [0.25, 0.3) is 0 Å². The van der Waals surface area contributed by atoms with Gasteiger partial charge in [-0.1, -0.05) is 32.4 Å². The second-order valence-corrected chi connectivity index (χ2v) is 3.32. The van der Waals surface area contributed by atoms with Crippen LogP contribution in [0.5, 0.6) is 0 Å². The molecule has 2 nitrogen and oxygen atoms in total. The van der Waals surface area contributed by atoms with Crippen molar-refractivity contribution in [1.29, 1.82) is 0 Å². The molecule has 0 unspecified atom stereocenters. The fraction of sp³-hybridized carbons (Fsp3) is 0.417. The monoisotopic (exact) mass is 193 g/mol. The number of carbonyl (C=O) groups excluding carboxylic acids is 1. The molecule has 0 spiro atoms. The van der Waals surface area contributed by atoms with Crippen LogP contribution in [-0.2, 0) is 0 Å². The van der Waals surface area contributed by atoms with Gasteiger partial charge < -0.3 is 5.73 Å². The van der Waals surface area contributed by atoms with E-state index in [1.807, 2.05) is 26.0 Å². The zero-order chi connectivity index (χ0) is 11.1. The van der Waals surface area contributed by atoms with Crippen LogP contribution in [0.4, 0.5) is 0 Å². The maximum Gasteiger partial charge on any atom is 0.248 e. The zero-order valence-electron chi connectivity index (χ0n) is 9.42. The Balaban J connectivity index is 0.000000500. The molecule has 1 rings (SSSR count). The van der Waals surface area contributed by atoms with Crippen LogP contribution in [0.3, 0.4) is 0 Å². The first-order valence-electron chi connectivity index (χ1n) is 4.90. The Hall–Kier alpha value is -1.31. The Morgan fingerprint density at radius 3 is 2.14 bits per heavy atom. The third-order valence-electron chi connectivity index (χ3n) is 1.87. The summed E-state index contributed by atoms with van der Waals surface area (Å²) in [7, 11) is 0. The predicted molar refractivity (Wildman–Crippen MR) is 60.4 cm³/mol. The van der Waals surface area contributed by atoms with Gasteiger partial charge in [0.05, 0.1) is 0 Å². The Morgan fingerprint density at radius 2 is 1.79 bits per heavy atom. The summed E-state index contributed by atoms with van der Waals surface area (Å²) in [5.41, 5.74) is 7.83. The highest BCUT2D eigenvalue weighted by atomic mass is 16.1. The average molecular weight is 193 g/mol. The summed E-state index contributed by atoms with van der Waals surface area (Å²) < 4.78 is 0. The van der Waals surface area contributed by atoms with E-state index in [-0.39, 0.29) is 5.91 Å². The summed E-state index contributed by atoms with van der Waals surface area (Å²) in [6.45, 7) is 8.11. The van der Waals surface area contributed by atoms with Crippen LogP contribution in [-0.4, -0.2) is 5.91 Å². The smallest absolute Gasteiger partial charge is 0.248 e. The van der Waals surface area contributed by atoms with Gasteiger partial charge in [0.15, 0.2) is 0 Å². The van der Waals surface area contributed by atoms with Gasteiger partial charge in [-0.25, -0.2) is 0 Å². The van der Waals surface area contributed by atoms with E-state index < -0.39 is 0 Å². The highest BCUT2D eigenvalue weighted by Gasteiger charge is 2.04. The molecule has 1 aromatic rings. The van der Waals surface area contributed by atoms with E-state index in [0.717, 1.165) is 11.1 Å². The maximum atomic E-state index is 10.8. The number of rotatable bonds is 1.